The van der Waals surface area contributed by atoms with Crippen LogP contribution in [0.1, 0.15) is 36.7 Å². The molecule has 0 bridgehead atoms. The van der Waals surface area contributed by atoms with E-state index in [4.69, 9.17) is 0 Å². The molecule has 0 atom stereocenters. The second kappa shape index (κ2) is 6.50. The summed E-state index contributed by atoms with van der Waals surface area (Å²) in [6.45, 7) is 11.6. The fraction of sp³-hybridized carbons (Fsp3) is 0.438. The number of rotatable bonds is 6. The SMILES string of the molecule is CC[N+](/C=C/C(=O)c1ccc(C)cc1)(CC)CC. The minimum absolute atomic E-state index is 0.0906. The van der Waals surface area contributed by atoms with E-state index in [1.807, 2.05) is 37.4 Å². The summed E-state index contributed by atoms with van der Waals surface area (Å²) in [5, 5.41) is 0. The van der Waals surface area contributed by atoms with Crippen LogP contribution in [-0.2, 0) is 0 Å². The molecule has 0 unspecified atom stereocenters. The minimum atomic E-state index is 0.0906. The first kappa shape index (κ1) is 14.7. The standard InChI is InChI=1S/C16H24NO/c1-5-17(6-2,7-3)13-12-16(18)15-10-8-14(4)9-11-15/h8-13H,5-7H2,1-4H3/q+1/b13-12+. The summed E-state index contributed by atoms with van der Waals surface area (Å²) in [5.41, 5.74) is 1.94. The highest BCUT2D eigenvalue weighted by molar-refractivity contribution is 6.04. The number of carbonyl (C=O) groups is 1. The molecule has 0 spiro atoms. The van der Waals surface area contributed by atoms with Gasteiger partial charge in [0.1, 0.15) is 0 Å². The van der Waals surface area contributed by atoms with Gasteiger partial charge in [-0.1, -0.05) is 29.8 Å². The number of benzene rings is 1. The summed E-state index contributed by atoms with van der Waals surface area (Å²) in [4.78, 5) is 12.1. The predicted octanol–water partition coefficient (Wildman–Crippen LogP) is 3.57. The first-order chi connectivity index (χ1) is 8.56. The molecule has 1 rings (SSSR count). The summed E-state index contributed by atoms with van der Waals surface area (Å²) in [7, 11) is 0. The van der Waals surface area contributed by atoms with Gasteiger partial charge in [-0.25, -0.2) is 0 Å². The van der Waals surface area contributed by atoms with Crippen LogP contribution in [0.2, 0.25) is 0 Å². The Kier molecular flexibility index (Phi) is 5.29. The molecular formula is C16H24NO+. The van der Waals surface area contributed by atoms with Crippen molar-refractivity contribution in [1.82, 2.24) is 0 Å². The summed E-state index contributed by atoms with van der Waals surface area (Å²) >= 11 is 0. The maximum Gasteiger partial charge on any atom is 0.191 e. The second-order valence-corrected chi connectivity index (χ2v) is 4.71. The Bertz CT molecular complexity index is 405. The van der Waals surface area contributed by atoms with Crippen molar-refractivity contribution in [2.24, 2.45) is 0 Å². The number of hydrogen-bond donors (Lipinski definition) is 0. The van der Waals surface area contributed by atoms with E-state index in [2.05, 4.69) is 20.8 Å². The van der Waals surface area contributed by atoms with Crippen LogP contribution in [-0.4, -0.2) is 29.9 Å². The highest BCUT2D eigenvalue weighted by Gasteiger charge is 2.17. The first-order valence-corrected chi connectivity index (χ1v) is 6.73. The van der Waals surface area contributed by atoms with Gasteiger partial charge in [0.25, 0.3) is 0 Å². The topological polar surface area (TPSA) is 17.1 Å². The van der Waals surface area contributed by atoms with Gasteiger partial charge in [0, 0.05) is 11.6 Å². The largest absolute Gasteiger partial charge is 0.298 e. The van der Waals surface area contributed by atoms with Crippen LogP contribution in [0.5, 0.6) is 0 Å². The lowest BCUT2D eigenvalue weighted by Crippen LogP contribution is -2.42. The monoisotopic (exact) mass is 246 g/mol. The van der Waals surface area contributed by atoms with Crippen molar-refractivity contribution in [2.75, 3.05) is 19.6 Å². The molecule has 2 nitrogen and oxygen atoms in total. The lowest BCUT2D eigenvalue weighted by atomic mass is 10.1. The normalized spacial score (nSPS) is 12.0. The van der Waals surface area contributed by atoms with E-state index in [1.165, 1.54) is 5.56 Å². The molecule has 0 saturated heterocycles. The fourth-order valence-electron chi connectivity index (χ4n) is 2.03. The van der Waals surface area contributed by atoms with E-state index in [9.17, 15) is 4.79 Å². The molecule has 0 heterocycles. The van der Waals surface area contributed by atoms with Gasteiger partial charge in [0.15, 0.2) is 5.78 Å². The number of carbonyl (C=O) groups excluding carboxylic acids is 1. The Balaban J connectivity index is 2.83. The average molecular weight is 246 g/mol. The third-order valence-corrected chi connectivity index (χ3v) is 3.77. The van der Waals surface area contributed by atoms with E-state index < -0.39 is 0 Å². The Hall–Kier alpha value is -1.41. The van der Waals surface area contributed by atoms with E-state index in [-0.39, 0.29) is 5.78 Å². The van der Waals surface area contributed by atoms with Crippen LogP contribution in [0.25, 0.3) is 0 Å². The molecule has 0 saturated carbocycles. The van der Waals surface area contributed by atoms with Crippen molar-refractivity contribution in [3.8, 4) is 0 Å². The Morgan fingerprint density at radius 1 is 1.06 bits per heavy atom. The van der Waals surface area contributed by atoms with Gasteiger partial charge < -0.3 is 0 Å². The van der Waals surface area contributed by atoms with Gasteiger partial charge in [-0.15, -0.1) is 0 Å². The van der Waals surface area contributed by atoms with Crippen molar-refractivity contribution >= 4 is 5.78 Å². The molecular weight excluding hydrogens is 222 g/mol. The molecule has 1 aromatic rings. The quantitative estimate of drug-likeness (QED) is 0.426. The smallest absolute Gasteiger partial charge is 0.191 e. The highest BCUT2D eigenvalue weighted by atomic mass is 16.1. The van der Waals surface area contributed by atoms with Crippen LogP contribution < -0.4 is 0 Å². The molecule has 98 valence electrons. The lowest BCUT2D eigenvalue weighted by molar-refractivity contribution is -0.874. The third-order valence-electron chi connectivity index (χ3n) is 3.77. The van der Waals surface area contributed by atoms with Gasteiger partial charge >= 0.3 is 0 Å². The van der Waals surface area contributed by atoms with Crippen molar-refractivity contribution < 1.29 is 9.28 Å². The van der Waals surface area contributed by atoms with Crippen molar-refractivity contribution in [3.63, 3.8) is 0 Å². The van der Waals surface area contributed by atoms with Crippen LogP contribution in [0.4, 0.5) is 0 Å². The fourth-order valence-corrected chi connectivity index (χ4v) is 2.03. The lowest BCUT2D eigenvalue weighted by Gasteiger charge is -2.31. The first-order valence-electron chi connectivity index (χ1n) is 6.73. The second-order valence-electron chi connectivity index (χ2n) is 4.71. The van der Waals surface area contributed by atoms with Crippen LogP contribution >= 0.6 is 0 Å². The average Bonchev–Trinajstić information content (AvgIpc) is 2.41. The number of aryl methyl sites for hydroxylation is 1. The molecule has 0 amide bonds. The van der Waals surface area contributed by atoms with E-state index in [0.717, 1.165) is 29.7 Å². The number of ketones is 1. The molecule has 18 heavy (non-hydrogen) atoms. The number of quaternary nitrogens is 1. The highest BCUT2D eigenvalue weighted by Crippen LogP contribution is 2.09. The Morgan fingerprint density at radius 3 is 2.00 bits per heavy atom. The predicted molar refractivity (Wildman–Crippen MR) is 76.5 cm³/mol. The van der Waals surface area contributed by atoms with Gasteiger partial charge in [0.05, 0.1) is 25.8 Å². The molecule has 0 N–H and O–H groups in total. The van der Waals surface area contributed by atoms with Crippen LogP contribution in [0, 0.1) is 6.92 Å². The molecule has 0 fully saturated rings. The van der Waals surface area contributed by atoms with Gasteiger partial charge in [-0.3, -0.25) is 9.28 Å². The van der Waals surface area contributed by atoms with Crippen molar-refractivity contribution in [2.45, 2.75) is 27.7 Å². The number of allylic oxidation sites excluding steroid dienone is 1. The maximum absolute atomic E-state index is 12.1. The number of hydrogen-bond acceptors (Lipinski definition) is 1. The zero-order valence-electron chi connectivity index (χ0n) is 11.9. The molecule has 0 radical (unpaired) electrons. The molecule has 2 heteroatoms. The number of nitrogens with zero attached hydrogens (tertiary/aromatic N) is 1. The molecule has 0 aliphatic heterocycles. The summed E-state index contributed by atoms with van der Waals surface area (Å²) in [5.74, 6) is 0.0906. The minimum Gasteiger partial charge on any atom is -0.298 e. The Morgan fingerprint density at radius 2 is 1.56 bits per heavy atom. The maximum atomic E-state index is 12.1. The van der Waals surface area contributed by atoms with Crippen molar-refractivity contribution in [3.05, 3.63) is 47.7 Å². The molecule has 0 aliphatic carbocycles. The van der Waals surface area contributed by atoms with E-state index in [0.29, 0.717) is 0 Å². The van der Waals surface area contributed by atoms with E-state index in [1.54, 1.807) is 6.08 Å². The summed E-state index contributed by atoms with van der Waals surface area (Å²) in [6.07, 6.45) is 3.77. The zero-order valence-corrected chi connectivity index (χ0v) is 11.9. The summed E-state index contributed by atoms with van der Waals surface area (Å²) < 4.78 is 0.859. The van der Waals surface area contributed by atoms with Crippen LogP contribution in [0.3, 0.4) is 0 Å². The third kappa shape index (κ3) is 3.54. The van der Waals surface area contributed by atoms with Gasteiger partial charge in [-0.05, 0) is 27.7 Å². The van der Waals surface area contributed by atoms with Crippen molar-refractivity contribution in [1.29, 1.82) is 0 Å². The molecule has 0 aliphatic rings. The van der Waals surface area contributed by atoms with Crippen LogP contribution in [0.15, 0.2) is 36.5 Å². The van der Waals surface area contributed by atoms with Gasteiger partial charge in [-0.2, -0.15) is 0 Å². The van der Waals surface area contributed by atoms with E-state index >= 15 is 0 Å². The molecule has 0 aromatic heterocycles. The molecule has 1 aromatic carbocycles. The van der Waals surface area contributed by atoms with Gasteiger partial charge in [0.2, 0.25) is 0 Å². The zero-order chi connectivity index (χ0) is 13.6. The Labute approximate surface area is 111 Å². The summed E-state index contributed by atoms with van der Waals surface area (Å²) in [6, 6.07) is 7.73.